The molecule has 0 unspecified atom stereocenters. The summed E-state index contributed by atoms with van der Waals surface area (Å²) in [6.07, 6.45) is 1.14. The van der Waals surface area contributed by atoms with Crippen molar-refractivity contribution in [1.29, 1.82) is 5.26 Å². The van der Waals surface area contributed by atoms with Crippen molar-refractivity contribution in [2.24, 2.45) is 17.3 Å². The number of nitriles is 1. The zero-order chi connectivity index (χ0) is 30.9. The van der Waals surface area contributed by atoms with E-state index in [0.29, 0.717) is 19.1 Å². The molecule has 2 aromatic rings. The Morgan fingerprint density at radius 2 is 1.18 bits per heavy atom. The first-order valence-electron chi connectivity index (χ1n) is 14.0. The van der Waals surface area contributed by atoms with E-state index < -0.39 is 0 Å². The second-order valence-electron chi connectivity index (χ2n) is 10.6. The average molecular weight is 542 g/mol. The van der Waals surface area contributed by atoms with Crippen molar-refractivity contribution in [2.45, 2.75) is 95.4 Å². The quantitative estimate of drug-likeness (QED) is 0.353. The van der Waals surface area contributed by atoms with E-state index in [9.17, 15) is 9.59 Å². The van der Waals surface area contributed by atoms with Crippen molar-refractivity contribution >= 4 is 11.9 Å². The van der Waals surface area contributed by atoms with Crippen LogP contribution in [0.1, 0.15) is 100 Å². The lowest BCUT2D eigenvalue weighted by Gasteiger charge is -2.14. The molecule has 39 heavy (non-hydrogen) atoms. The van der Waals surface area contributed by atoms with E-state index in [1.165, 1.54) is 11.1 Å². The lowest BCUT2D eigenvalue weighted by molar-refractivity contribution is -0.152. The molecule has 5 heteroatoms. The number of nitrogens with zero attached hydrogens (tertiary/aromatic N) is 1. The number of hydrogen-bond donors (Lipinski definition) is 0. The molecular formula is C34H55NO4. The Morgan fingerprint density at radius 3 is 1.36 bits per heavy atom. The van der Waals surface area contributed by atoms with E-state index in [2.05, 4.69) is 74.0 Å². The molecule has 2 aromatic carbocycles. The number of esters is 2. The molecule has 0 saturated carbocycles. The van der Waals surface area contributed by atoms with Gasteiger partial charge in [-0.2, -0.15) is 5.26 Å². The monoisotopic (exact) mass is 541 g/mol. The molecule has 0 spiro atoms. The molecule has 0 heterocycles. The van der Waals surface area contributed by atoms with Gasteiger partial charge in [-0.05, 0) is 71.9 Å². The third-order valence-corrected chi connectivity index (χ3v) is 4.62. The highest BCUT2D eigenvalue weighted by atomic mass is 16.5. The van der Waals surface area contributed by atoms with Crippen LogP contribution in [0, 0.1) is 28.6 Å². The standard InChI is InChI=1S/C9H12.C8H10.C7H14O2.C6H12O2.C4H7N/c1-8(2)9-6-4-3-5-7-9;1-2-8-6-4-3-5-7-8;1-5-9-6(8)7(2,3)4;1-4-8-6(7)5(2)3;1-4(2)3-5/h3-8H,1-2H3;3-7H,2H2,1H3;5H2,1-4H3;5H,4H2,1-3H3;4H,1-2H3. The Labute approximate surface area is 239 Å². The van der Waals surface area contributed by atoms with Crippen molar-refractivity contribution in [3.8, 4) is 6.07 Å². The molecule has 0 aliphatic carbocycles. The summed E-state index contributed by atoms with van der Waals surface area (Å²) in [4.78, 5) is 21.4. The van der Waals surface area contributed by atoms with Gasteiger partial charge in [-0.1, -0.05) is 95.3 Å². The van der Waals surface area contributed by atoms with Crippen LogP contribution in [0.2, 0.25) is 0 Å². The normalized spacial score (nSPS) is 9.69. The molecule has 0 saturated heterocycles. The fraction of sp³-hybridized carbons (Fsp3) is 0.559. The summed E-state index contributed by atoms with van der Waals surface area (Å²) in [5.74, 6) is 0.605. The fourth-order valence-electron chi connectivity index (χ4n) is 2.21. The van der Waals surface area contributed by atoms with Crippen LogP contribution in [-0.2, 0) is 25.5 Å². The molecule has 0 N–H and O–H groups in total. The summed E-state index contributed by atoms with van der Waals surface area (Å²) in [6, 6.07) is 23.0. The Morgan fingerprint density at radius 1 is 0.769 bits per heavy atom. The van der Waals surface area contributed by atoms with Gasteiger partial charge in [-0.25, -0.2) is 0 Å². The van der Waals surface area contributed by atoms with Crippen molar-refractivity contribution in [3.63, 3.8) is 0 Å². The Kier molecular flexibility index (Phi) is 26.0. The van der Waals surface area contributed by atoms with Crippen molar-refractivity contribution in [3.05, 3.63) is 71.8 Å². The topological polar surface area (TPSA) is 76.4 Å². The van der Waals surface area contributed by atoms with Gasteiger partial charge in [0.2, 0.25) is 0 Å². The molecule has 0 aliphatic heterocycles. The summed E-state index contributed by atoms with van der Waals surface area (Å²) in [5.41, 5.74) is 2.47. The van der Waals surface area contributed by atoms with Crippen molar-refractivity contribution < 1.29 is 19.1 Å². The van der Waals surface area contributed by atoms with Crippen LogP contribution in [0.15, 0.2) is 60.7 Å². The highest BCUT2D eigenvalue weighted by molar-refractivity contribution is 5.75. The molecule has 0 fully saturated rings. The number of carbonyl (C=O) groups excluding carboxylic acids is 2. The number of ether oxygens (including phenoxy) is 2. The summed E-state index contributed by atoms with van der Waals surface area (Å²) in [6.45, 7) is 24.0. The van der Waals surface area contributed by atoms with Gasteiger partial charge in [0.15, 0.2) is 0 Å². The fourth-order valence-corrected chi connectivity index (χ4v) is 2.21. The molecule has 5 nitrogen and oxygen atoms in total. The maximum absolute atomic E-state index is 10.8. The van der Waals surface area contributed by atoms with Gasteiger partial charge >= 0.3 is 11.9 Å². The van der Waals surface area contributed by atoms with E-state index in [1.807, 2.05) is 73.6 Å². The molecule has 0 radical (unpaired) electrons. The van der Waals surface area contributed by atoms with Crippen LogP contribution >= 0.6 is 0 Å². The number of carbonyl (C=O) groups is 2. The van der Waals surface area contributed by atoms with Crippen LogP contribution in [0.5, 0.6) is 0 Å². The zero-order valence-electron chi connectivity index (χ0n) is 26.7. The lowest BCUT2D eigenvalue weighted by atomic mass is 9.97. The van der Waals surface area contributed by atoms with Crippen molar-refractivity contribution in [1.82, 2.24) is 0 Å². The van der Waals surface area contributed by atoms with E-state index in [0.717, 1.165) is 6.42 Å². The van der Waals surface area contributed by atoms with E-state index in [-0.39, 0.29) is 29.2 Å². The highest BCUT2D eigenvalue weighted by Crippen LogP contribution is 2.14. The van der Waals surface area contributed by atoms with Gasteiger partial charge < -0.3 is 9.47 Å². The molecule has 2 rings (SSSR count). The molecule has 220 valence electrons. The predicted molar refractivity (Wildman–Crippen MR) is 164 cm³/mol. The third-order valence-electron chi connectivity index (χ3n) is 4.62. The van der Waals surface area contributed by atoms with Gasteiger partial charge in [0.05, 0.1) is 30.6 Å². The second kappa shape index (κ2) is 25.2. The molecule has 0 atom stereocenters. The van der Waals surface area contributed by atoms with Crippen molar-refractivity contribution in [2.75, 3.05) is 13.2 Å². The van der Waals surface area contributed by atoms with Crippen LogP contribution in [0.25, 0.3) is 0 Å². The summed E-state index contributed by atoms with van der Waals surface area (Å²) >= 11 is 0. The molecule has 0 aromatic heterocycles. The van der Waals surface area contributed by atoms with E-state index in [1.54, 1.807) is 6.92 Å². The average Bonchev–Trinajstić information content (AvgIpc) is 2.90. The van der Waals surface area contributed by atoms with Crippen LogP contribution in [0.4, 0.5) is 0 Å². The first-order chi connectivity index (χ1) is 18.2. The largest absolute Gasteiger partial charge is 0.466 e. The minimum absolute atomic E-state index is 0.00921. The predicted octanol–water partition coefficient (Wildman–Crippen LogP) is 9.03. The Bertz CT molecular complexity index is 877. The van der Waals surface area contributed by atoms with E-state index in [4.69, 9.17) is 10.00 Å². The van der Waals surface area contributed by atoms with Crippen LogP contribution in [0.3, 0.4) is 0 Å². The van der Waals surface area contributed by atoms with Gasteiger partial charge in [-0.15, -0.1) is 0 Å². The second-order valence-corrected chi connectivity index (χ2v) is 10.6. The number of hydrogen-bond acceptors (Lipinski definition) is 5. The summed E-state index contributed by atoms with van der Waals surface area (Å²) < 4.78 is 9.43. The molecule has 0 aliphatic rings. The zero-order valence-corrected chi connectivity index (χ0v) is 26.7. The number of rotatable bonds is 5. The minimum atomic E-state index is -0.351. The smallest absolute Gasteiger partial charge is 0.311 e. The molecule has 0 bridgehead atoms. The highest BCUT2D eigenvalue weighted by Gasteiger charge is 2.21. The maximum atomic E-state index is 10.8. The van der Waals surface area contributed by atoms with E-state index >= 15 is 0 Å². The lowest BCUT2D eigenvalue weighted by Crippen LogP contribution is -2.22. The first kappa shape index (κ1) is 40.4. The first-order valence-corrected chi connectivity index (χ1v) is 14.0. The van der Waals surface area contributed by atoms with Gasteiger partial charge in [0.1, 0.15) is 0 Å². The maximum Gasteiger partial charge on any atom is 0.311 e. The van der Waals surface area contributed by atoms with Gasteiger partial charge in [0.25, 0.3) is 0 Å². The third kappa shape index (κ3) is 27.7. The Hall–Kier alpha value is -3.13. The minimum Gasteiger partial charge on any atom is -0.466 e. The Balaban J connectivity index is -0.000000421. The SMILES string of the molecule is CC(C)C#N.CC(C)c1ccccc1.CCOC(=O)C(C)(C)C.CCOC(=O)C(C)C.CCc1ccccc1. The number of benzene rings is 2. The van der Waals surface area contributed by atoms with Gasteiger partial charge in [0, 0.05) is 5.92 Å². The summed E-state index contributed by atoms with van der Waals surface area (Å²) in [7, 11) is 0. The molecular weight excluding hydrogens is 486 g/mol. The van der Waals surface area contributed by atoms with Gasteiger partial charge in [-0.3, -0.25) is 9.59 Å². The van der Waals surface area contributed by atoms with Crippen LogP contribution in [-0.4, -0.2) is 25.2 Å². The number of aryl methyl sites for hydroxylation is 1. The summed E-state index contributed by atoms with van der Waals surface area (Å²) in [5, 5.41) is 7.89. The molecule has 0 amide bonds. The van der Waals surface area contributed by atoms with Crippen LogP contribution < -0.4 is 0 Å².